The van der Waals surface area contributed by atoms with Gasteiger partial charge in [-0.25, -0.2) is 0 Å². The lowest BCUT2D eigenvalue weighted by molar-refractivity contribution is 0.102. The topological polar surface area (TPSA) is 76.9 Å². The van der Waals surface area contributed by atoms with Crippen molar-refractivity contribution in [2.24, 2.45) is 0 Å². The summed E-state index contributed by atoms with van der Waals surface area (Å²) in [6.07, 6.45) is 9.30. The number of pyridine rings is 1. The molecule has 0 spiro atoms. The van der Waals surface area contributed by atoms with Crippen molar-refractivity contribution in [1.82, 2.24) is 14.5 Å². The largest absolute Gasteiger partial charge is 0.322 e. The van der Waals surface area contributed by atoms with Gasteiger partial charge in [-0.2, -0.15) is 0 Å². The minimum Gasteiger partial charge on any atom is -0.322 e. The average Bonchev–Trinajstić information content (AvgIpc) is 2.72. The quantitative estimate of drug-likeness (QED) is 0.743. The Labute approximate surface area is 169 Å². The highest BCUT2D eigenvalue weighted by molar-refractivity contribution is 6.05. The molecule has 0 atom stereocenters. The minimum atomic E-state index is -0.365. The summed E-state index contributed by atoms with van der Waals surface area (Å²) in [5, 5.41) is 2.99. The van der Waals surface area contributed by atoms with Gasteiger partial charge in [0.2, 0.25) is 0 Å². The second-order valence-corrected chi connectivity index (χ2v) is 7.56. The van der Waals surface area contributed by atoms with Crippen LogP contribution in [-0.4, -0.2) is 20.4 Å². The first-order valence-corrected chi connectivity index (χ1v) is 9.92. The Morgan fingerprint density at radius 1 is 1.10 bits per heavy atom. The van der Waals surface area contributed by atoms with Crippen molar-refractivity contribution in [3.05, 3.63) is 86.9 Å². The Kier molecular flexibility index (Phi) is 5.25. The van der Waals surface area contributed by atoms with E-state index in [9.17, 15) is 9.59 Å². The van der Waals surface area contributed by atoms with Crippen LogP contribution in [0.15, 0.2) is 47.7 Å². The molecule has 6 heteroatoms. The molecule has 0 bridgehead atoms. The van der Waals surface area contributed by atoms with Crippen molar-refractivity contribution in [3.8, 4) is 0 Å². The molecule has 1 aliphatic rings. The molecule has 1 aliphatic carbocycles. The number of amides is 1. The van der Waals surface area contributed by atoms with Crippen molar-refractivity contribution in [2.75, 3.05) is 5.32 Å². The van der Waals surface area contributed by atoms with Crippen LogP contribution in [0.4, 0.5) is 5.69 Å². The lowest BCUT2D eigenvalue weighted by Crippen LogP contribution is -2.31. The maximum atomic E-state index is 13.0. The smallest absolute Gasteiger partial charge is 0.264 e. The Balaban J connectivity index is 1.63. The van der Waals surface area contributed by atoms with E-state index in [1.165, 1.54) is 22.1 Å². The summed E-state index contributed by atoms with van der Waals surface area (Å²) < 4.78 is 1.50. The number of hydrogen-bond acceptors (Lipinski definition) is 4. The van der Waals surface area contributed by atoms with E-state index in [-0.39, 0.29) is 23.6 Å². The fourth-order valence-electron chi connectivity index (χ4n) is 3.82. The molecule has 1 N–H and O–H groups in total. The number of aromatic nitrogens is 3. The molecule has 2 heterocycles. The van der Waals surface area contributed by atoms with Crippen molar-refractivity contribution in [1.29, 1.82) is 0 Å². The van der Waals surface area contributed by atoms with E-state index in [0.717, 1.165) is 30.6 Å². The van der Waals surface area contributed by atoms with Crippen LogP contribution in [-0.2, 0) is 19.4 Å². The van der Waals surface area contributed by atoms with Gasteiger partial charge < -0.3 is 9.88 Å². The lowest BCUT2D eigenvalue weighted by atomic mass is 9.90. The summed E-state index contributed by atoms with van der Waals surface area (Å²) in [5.74, 6) is -0.365. The molecule has 6 nitrogen and oxygen atoms in total. The van der Waals surface area contributed by atoms with E-state index >= 15 is 0 Å². The van der Waals surface area contributed by atoms with Gasteiger partial charge in [0.25, 0.3) is 11.5 Å². The molecule has 3 aromatic rings. The number of aryl methyl sites for hydroxylation is 3. The minimum absolute atomic E-state index is 0.168. The van der Waals surface area contributed by atoms with Crippen LogP contribution in [0.3, 0.4) is 0 Å². The first kappa shape index (κ1) is 19.1. The Bertz CT molecular complexity index is 1120. The van der Waals surface area contributed by atoms with E-state index in [4.69, 9.17) is 0 Å². The molecule has 2 aromatic heterocycles. The highest BCUT2D eigenvalue weighted by Gasteiger charge is 2.19. The number of fused-ring (bicyclic) bond motifs is 1. The van der Waals surface area contributed by atoms with E-state index in [2.05, 4.69) is 21.4 Å². The van der Waals surface area contributed by atoms with Gasteiger partial charge in [0.05, 0.1) is 24.1 Å². The van der Waals surface area contributed by atoms with Crippen molar-refractivity contribution in [3.63, 3.8) is 0 Å². The van der Waals surface area contributed by atoms with E-state index < -0.39 is 0 Å². The zero-order valence-corrected chi connectivity index (χ0v) is 16.7. The highest BCUT2D eigenvalue weighted by Crippen LogP contribution is 2.28. The van der Waals surface area contributed by atoms with Gasteiger partial charge in [-0.1, -0.05) is 12.1 Å². The summed E-state index contributed by atoms with van der Waals surface area (Å²) >= 11 is 0. The molecule has 0 unspecified atom stereocenters. The molecular formula is C23H24N4O2. The summed E-state index contributed by atoms with van der Waals surface area (Å²) in [5.41, 5.74) is 5.27. The molecule has 0 saturated carbocycles. The van der Waals surface area contributed by atoms with Gasteiger partial charge in [-0.3, -0.25) is 19.6 Å². The Morgan fingerprint density at radius 3 is 2.72 bits per heavy atom. The number of anilines is 1. The van der Waals surface area contributed by atoms with E-state index in [1.807, 2.05) is 19.1 Å². The number of carbonyl (C=O) groups is 1. The zero-order valence-electron chi connectivity index (χ0n) is 16.7. The second kappa shape index (κ2) is 7.99. The summed E-state index contributed by atoms with van der Waals surface area (Å²) in [6.45, 7) is 3.92. The molecule has 1 amide bonds. The fourth-order valence-corrected chi connectivity index (χ4v) is 3.82. The first-order chi connectivity index (χ1) is 14.0. The molecule has 1 aromatic carbocycles. The third kappa shape index (κ3) is 3.97. The van der Waals surface area contributed by atoms with Crippen LogP contribution >= 0.6 is 0 Å². The predicted molar refractivity (Wildman–Crippen MR) is 112 cm³/mol. The summed E-state index contributed by atoms with van der Waals surface area (Å²) in [7, 11) is 0. The van der Waals surface area contributed by atoms with Gasteiger partial charge >= 0.3 is 0 Å². The summed E-state index contributed by atoms with van der Waals surface area (Å²) in [4.78, 5) is 34.6. The SMILES string of the molecule is Cc1cnc(Cn2ccc(C)c(C(=O)Nc3cccc4c3CCCC4)c2=O)cn1. The van der Waals surface area contributed by atoms with Crippen molar-refractivity contribution in [2.45, 2.75) is 46.1 Å². The molecule has 0 aliphatic heterocycles. The molecule has 0 saturated heterocycles. The van der Waals surface area contributed by atoms with Crippen molar-refractivity contribution < 1.29 is 4.79 Å². The van der Waals surface area contributed by atoms with Crippen LogP contribution in [0.25, 0.3) is 0 Å². The Morgan fingerprint density at radius 2 is 1.93 bits per heavy atom. The van der Waals surface area contributed by atoms with E-state index in [0.29, 0.717) is 11.3 Å². The number of hydrogen-bond donors (Lipinski definition) is 1. The van der Waals surface area contributed by atoms with Crippen LogP contribution in [0, 0.1) is 13.8 Å². The normalized spacial score (nSPS) is 13.0. The first-order valence-electron chi connectivity index (χ1n) is 9.92. The molecule has 0 fully saturated rings. The van der Waals surface area contributed by atoms with Crippen LogP contribution < -0.4 is 10.9 Å². The summed E-state index contributed by atoms with van der Waals surface area (Å²) in [6, 6.07) is 7.79. The lowest BCUT2D eigenvalue weighted by Gasteiger charge is -2.20. The van der Waals surface area contributed by atoms with Gasteiger partial charge in [-0.15, -0.1) is 0 Å². The maximum Gasteiger partial charge on any atom is 0.264 e. The van der Waals surface area contributed by atoms with Gasteiger partial charge in [0.15, 0.2) is 0 Å². The fraction of sp³-hybridized carbons (Fsp3) is 0.304. The molecule has 148 valence electrons. The molecular weight excluding hydrogens is 364 g/mol. The average molecular weight is 388 g/mol. The molecule has 29 heavy (non-hydrogen) atoms. The number of carbonyl (C=O) groups excluding carboxylic acids is 1. The van der Waals surface area contributed by atoms with Gasteiger partial charge in [0.1, 0.15) is 5.56 Å². The van der Waals surface area contributed by atoms with Gasteiger partial charge in [-0.05, 0) is 68.4 Å². The van der Waals surface area contributed by atoms with Crippen LogP contribution in [0.5, 0.6) is 0 Å². The monoisotopic (exact) mass is 388 g/mol. The number of nitrogens with one attached hydrogen (secondary N) is 1. The zero-order chi connectivity index (χ0) is 20.4. The molecule has 0 radical (unpaired) electrons. The maximum absolute atomic E-state index is 13.0. The number of rotatable bonds is 4. The van der Waals surface area contributed by atoms with Gasteiger partial charge in [0, 0.05) is 18.1 Å². The molecule has 4 rings (SSSR count). The number of benzene rings is 1. The second-order valence-electron chi connectivity index (χ2n) is 7.56. The van der Waals surface area contributed by atoms with E-state index in [1.54, 1.807) is 31.6 Å². The highest BCUT2D eigenvalue weighted by atomic mass is 16.2. The van der Waals surface area contributed by atoms with Crippen LogP contribution in [0.2, 0.25) is 0 Å². The standard InChI is InChI=1S/C23H24N4O2/c1-15-10-11-27(14-18-13-24-16(2)12-25-18)23(29)21(15)22(28)26-20-9-5-7-17-6-3-4-8-19(17)20/h5,7,9-13H,3-4,6,8,14H2,1-2H3,(H,26,28). The predicted octanol–water partition coefficient (Wildman–Crippen LogP) is 3.43. The Hall–Kier alpha value is -3.28. The van der Waals surface area contributed by atoms with Crippen molar-refractivity contribution >= 4 is 11.6 Å². The van der Waals surface area contributed by atoms with Crippen LogP contribution in [0.1, 0.15) is 51.3 Å². The third-order valence-corrected chi connectivity index (χ3v) is 5.41. The third-order valence-electron chi connectivity index (χ3n) is 5.41. The number of nitrogens with zero attached hydrogens (tertiary/aromatic N) is 3.